The number of carbonyl (C=O) groups excluding carboxylic acids is 1. The van der Waals surface area contributed by atoms with Gasteiger partial charge in [0.1, 0.15) is 12.7 Å². The van der Waals surface area contributed by atoms with Crippen molar-refractivity contribution in [1.82, 2.24) is 14.8 Å². The highest BCUT2D eigenvalue weighted by Crippen LogP contribution is 2.23. The van der Waals surface area contributed by atoms with Gasteiger partial charge in [-0.3, -0.25) is 9.36 Å². The van der Waals surface area contributed by atoms with Crippen molar-refractivity contribution in [3.05, 3.63) is 65.2 Å². The number of hydrogen-bond donors (Lipinski definition) is 1. The molecule has 23 heavy (non-hydrogen) atoms. The van der Waals surface area contributed by atoms with Gasteiger partial charge in [-0.15, -0.1) is 22.0 Å². The quantitative estimate of drug-likeness (QED) is 0.686. The lowest BCUT2D eigenvalue weighted by Crippen LogP contribution is -2.13. The van der Waals surface area contributed by atoms with Crippen LogP contribution in [0.25, 0.3) is 5.69 Å². The van der Waals surface area contributed by atoms with Gasteiger partial charge in [0.2, 0.25) is 0 Å². The van der Waals surface area contributed by atoms with Gasteiger partial charge in [-0.1, -0.05) is 6.07 Å². The SMILES string of the molecule is CSc1cccc(NC(=O)c2cc(-n3cnnc3)ccc2Br)c1. The van der Waals surface area contributed by atoms with Crippen LogP contribution in [0.5, 0.6) is 0 Å². The Morgan fingerprint density at radius 3 is 2.70 bits per heavy atom. The van der Waals surface area contributed by atoms with Crippen molar-refractivity contribution in [3.63, 3.8) is 0 Å². The Kier molecular flexibility index (Phi) is 4.78. The summed E-state index contributed by atoms with van der Waals surface area (Å²) in [6.07, 6.45) is 5.18. The third-order valence-electron chi connectivity index (χ3n) is 3.24. The number of anilines is 1. The molecule has 0 saturated carbocycles. The molecule has 2 aromatic carbocycles. The second-order valence-corrected chi connectivity index (χ2v) is 6.45. The Labute approximate surface area is 146 Å². The molecule has 5 nitrogen and oxygen atoms in total. The van der Waals surface area contributed by atoms with Gasteiger partial charge >= 0.3 is 0 Å². The number of aromatic nitrogens is 3. The maximum atomic E-state index is 12.6. The fourth-order valence-electron chi connectivity index (χ4n) is 2.08. The standard InChI is InChI=1S/C16H13BrN4OS/c1-23-13-4-2-3-11(7-13)20-16(22)14-8-12(5-6-15(14)17)21-9-18-19-10-21/h2-10H,1H3,(H,20,22). The van der Waals surface area contributed by atoms with E-state index in [4.69, 9.17) is 0 Å². The van der Waals surface area contributed by atoms with E-state index in [0.717, 1.165) is 20.7 Å². The van der Waals surface area contributed by atoms with Crippen LogP contribution in [0, 0.1) is 0 Å². The smallest absolute Gasteiger partial charge is 0.256 e. The van der Waals surface area contributed by atoms with Gasteiger partial charge in [-0.25, -0.2) is 0 Å². The third-order valence-corrected chi connectivity index (χ3v) is 4.66. The molecular weight excluding hydrogens is 376 g/mol. The Balaban J connectivity index is 1.88. The zero-order valence-electron chi connectivity index (χ0n) is 12.2. The molecule has 3 rings (SSSR count). The molecule has 1 aromatic heterocycles. The molecule has 0 aliphatic carbocycles. The zero-order chi connectivity index (χ0) is 16.2. The molecule has 0 radical (unpaired) electrons. The summed E-state index contributed by atoms with van der Waals surface area (Å²) in [5, 5.41) is 10.5. The molecular formula is C16H13BrN4OS. The summed E-state index contributed by atoms with van der Waals surface area (Å²) < 4.78 is 2.48. The lowest BCUT2D eigenvalue weighted by atomic mass is 10.2. The molecule has 0 aliphatic rings. The molecule has 116 valence electrons. The Morgan fingerprint density at radius 1 is 1.17 bits per heavy atom. The summed E-state index contributed by atoms with van der Waals surface area (Å²) in [5.41, 5.74) is 2.13. The topological polar surface area (TPSA) is 59.8 Å². The largest absolute Gasteiger partial charge is 0.322 e. The fraction of sp³-hybridized carbons (Fsp3) is 0.0625. The van der Waals surface area contributed by atoms with Gasteiger partial charge in [0.25, 0.3) is 5.91 Å². The van der Waals surface area contributed by atoms with Crippen molar-refractivity contribution in [1.29, 1.82) is 0 Å². The minimum atomic E-state index is -0.176. The monoisotopic (exact) mass is 388 g/mol. The third kappa shape index (κ3) is 3.62. The fourth-order valence-corrected chi connectivity index (χ4v) is 2.97. The molecule has 7 heteroatoms. The van der Waals surface area contributed by atoms with Crippen LogP contribution in [0.3, 0.4) is 0 Å². The first-order valence-electron chi connectivity index (χ1n) is 6.77. The van der Waals surface area contributed by atoms with Gasteiger partial charge < -0.3 is 5.32 Å². The average molecular weight is 389 g/mol. The van der Waals surface area contributed by atoms with Crippen LogP contribution in [-0.2, 0) is 0 Å². The van der Waals surface area contributed by atoms with Crippen molar-refractivity contribution in [2.24, 2.45) is 0 Å². The van der Waals surface area contributed by atoms with Crippen LogP contribution >= 0.6 is 27.7 Å². The van der Waals surface area contributed by atoms with Crippen LogP contribution in [0.2, 0.25) is 0 Å². The van der Waals surface area contributed by atoms with Gasteiger partial charge in [0, 0.05) is 20.7 Å². The number of amides is 1. The number of halogens is 1. The van der Waals surface area contributed by atoms with Crippen molar-refractivity contribution in [2.75, 3.05) is 11.6 Å². The molecule has 0 bridgehead atoms. The number of carbonyl (C=O) groups is 1. The Hall–Kier alpha value is -2.12. The Bertz CT molecular complexity index is 836. The maximum absolute atomic E-state index is 12.6. The normalized spacial score (nSPS) is 10.5. The minimum Gasteiger partial charge on any atom is -0.322 e. The predicted molar refractivity (Wildman–Crippen MR) is 95.2 cm³/mol. The van der Waals surface area contributed by atoms with E-state index < -0.39 is 0 Å². The first kappa shape index (κ1) is 15.8. The van der Waals surface area contributed by atoms with Crippen molar-refractivity contribution in [3.8, 4) is 5.69 Å². The number of rotatable bonds is 4. The van der Waals surface area contributed by atoms with Crippen molar-refractivity contribution in [2.45, 2.75) is 4.90 Å². The predicted octanol–water partition coefficient (Wildman–Crippen LogP) is 4.00. The number of nitrogens with zero attached hydrogens (tertiary/aromatic N) is 3. The molecule has 0 fully saturated rings. The molecule has 1 heterocycles. The van der Waals surface area contributed by atoms with Gasteiger partial charge in [-0.05, 0) is 58.6 Å². The van der Waals surface area contributed by atoms with E-state index >= 15 is 0 Å². The number of thioether (sulfide) groups is 1. The van der Waals surface area contributed by atoms with E-state index in [1.54, 1.807) is 35.0 Å². The van der Waals surface area contributed by atoms with E-state index in [1.807, 2.05) is 42.7 Å². The lowest BCUT2D eigenvalue weighted by molar-refractivity contribution is 0.102. The van der Waals surface area contributed by atoms with Crippen LogP contribution in [-0.4, -0.2) is 26.9 Å². The first-order valence-corrected chi connectivity index (χ1v) is 8.79. The summed E-state index contributed by atoms with van der Waals surface area (Å²) in [7, 11) is 0. The van der Waals surface area contributed by atoms with Gasteiger partial charge in [0.15, 0.2) is 0 Å². The molecule has 0 aliphatic heterocycles. The second-order valence-electron chi connectivity index (χ2n) is 4.72. The first-order chi connectivity index (χ1) is 11.2. The highest BCUT2D eigenvalue weighted by atomic mass is 79.9. The Morgan fingerprint density at radius 2 is 1.96 bits per heavy atom. The summed E-state index contributed by atoms with van der Waals surface area (Å²) in [5.74, 6) is -0.176. The lowest BCUT2D eigenvalue weighted by Gasteiger charge is -2.10. The van der Waals surface area contributed by atoms with Gasteiger partial charge in [0.05, 0.1) is 5.56 Å². The van der Waals surface area contributed by atoms with Crippen LogP contribution in [0.1, 0.15) is 10.4 Å². The summed E-state index contributed by atoms with van der Waals surface area (Å²) in [6.45, 7) is 0. The molecule has 1 N–H and O–H groups in total. The van der Waals surface area contributed by atoms with Gasteiger partial charge in [-0.2, -0.15) is 0 Å². The van der Waals surface area contributed by atoms with Crippen molar-refractivity contribution >= 4 is 39.3 Å². The van der Waals surface area contributed by atoms with Crippen molar-refractivity contribution < 1.29 is 4.79 Å². The van der Waals surface area contributed by atoms with Crippen LogP contribution in [0.4, 0.5) is 5.69 Å². The number of hydrogen-bond acceptors (Lipinski definition) is 4. The molecule has 0 saturated heterocycles. The summed E-state index contributed by atoms with van der Waals surface area (Å²) >= 11 is 5.06. The van der Waals surface area contributed by atoms with E-state index in [9.17, 15) is 4.79 Å². The minimum absolute atomic E-state index is 0.176. The zero-order valence-corrected chi connectivity index (χ0v) is 14.6. The average Bonchev–Trinajstić information content (AvgIpc) is 3.10. The van der Waals surface area contributed by atoms with Crippen LogP contribution in [0.15, 0.2) is 64.5 Å². The molecule has 1 amide bonds. The van der Waals surface area contributed by atoms with E-state index in [0.29, 0.717) is 5.56 Å². The maximum Gasteiger partial charge on any atom is 0.256 e. The van der Waals surface area contributed by atoms with E-state index in [2.05, 4.69) is 31.4 Å². The molecule has 3 aromatic rings. The summed E-state index contributed by atoms with van der Waals surface area (Å²) in [6, 6.07) is 13.3. The number of benzene rings is 2. The van der Waals surface area contributed by atoms with Crippen LogP contribution < -0.4 is 5.32 Å². The highest BCUT2D eigenvalue weighted by molar-refractivity contribution is 9.10. The highest BCUT2D eigenvalue weighted by Gasteiger charge is 2.12. The summed E-state index contributed by atoms with van der Waals surface area (Å²) in [4.78, 5) is 13.7. The molecule has 0 unspecified atom stereocenters. The van der Waals surface area contributed by atoms with E-state index in [-0.39, 0.29) is 5.91 Å². The molecule has 0 atom stereocenters. The number of nitrogens with one attached hydrogen (secondary N) is 1. The second kappa shape index (κ2) is 6.97. The molecule has 0 spiro atoms. The van der Waals surface area contributed by atoms with E-state index in [1.165, 1.54) is 0 Å².